The van der Waals surface area contributed by atoms with Gasteiger partial charge in [-0.1, -0.05) is 35.9 Å². The maximum atomic E-state index is 13.3. The van der Waals surface area contributed by atoms with Crippen molar-refractivity contribution >= 4 is 34.2 Å². The molecule has 2 aromatic carbocycles. The number of hydrogen-bond acceptors (Lipinski definition) is 6. The lowest BCUT2D eigenvalue weighted by molar-refractivity contribution is -0.121. The molecule has 182 valence electrons. The van der Waals surface area contributed by atoms with E-state index in [9.17, 15) is 9.59 Å². The van der Waals surface area contributed by atoms with Gasteiger partial charge in [0.25, 0.3) is 5.56 Å². The van der Waals surface area contributed by atoms with Crippen LogP contribution in [-0.4, -0.2) is 69.4 Å². The van der Waals surface area contributed by atoms with Crippen molar-refractivity contribution in [3.8, 4) is 0 Å². The van der Waals surface area contributed by atoms with Crippen molar-refractivity contribution in [1.82, 2.24) is 29.4 Å². The molecule has 1 amide bonds. The van der Waals surface area contributed by atoms with Crippen LogP contribution in [0.5, 0.6) is 0 Å². The molecular weight excluding hydrogens is 468 g/mol. The largest absolute Gasteiger partial charge is 0.379 e. The van der Waals surface area contributed by atoms with E-state index in [0.29, 0.717) is 41.5 Å². The van der Waals surface area contributed by atoms with Crippen LogP contribution < -0.4 is 10.9 Å². The quantitative estimate of drug-likeness (QED) is 0.403. The molecule has 0 spiro atoms. The van der Waals surface area contributed by atoms with Crippen LogP contribution in [0.3, 0.4) is 0 Å². The van der Waals surface area contributed by atoms with Gasteiger partial charge in [0.15, 0.2) is 0 Å². The summed E-state index contributed by atoms with van der Waals surface area (Å²) in [4.78, 5) is 28.1. The molecule has 35 heavy (non-hydrogen) atoms. The Labute approximate surface area is 207 Å². The molecule has 0 atom stereocenters. The van der Waals surface area contributed by atoms with Crippen LogP contribution in [0.25, 0.3) is 16.7 Å². The van der Waals surface area contributed by atoms with Crippen LogP contribution in [0.2, 0.25) is 5.02 Å². The molecule has 0 aliphatic carbocycles. The van der Waals surface area contributed by atoms with Gasteiger partial charge in [0.1, 0.15) is 5.82 Å². The van der Waals surface area contributed by atoms with E-state index in [0.717, 1.165) is 43.9 Å². The molecule has 4 aromatic rings. The van der Waals surface area contributed by atoms with Gasteiger partial charge in [0.2, 0.25) is 11.7 Å². The van der Waals surface area contributed by atoms with Crippen molar-refractivity contribution in [2.75, 3.05) is 39.4 Å². The van der Waals surface area contributed by atoms with Gasteiger partial charge in [-0.3, -0.25) is 23.5 Å². The highest BCUT2D eigenvalue weighted by Crippen LogP contribution is 2.17. The van der Waals surface area contributed by atoms with E-state index in [-0.39, 0.29) is 17.9 Å². The summed E-state index contributed by atoms with van der Waals surface area (Å²) in [6.45, 7) is 5.02. The molecule has 3 heterocycles. The van der Waals surface area contributed by atoms with E-state index in [1.54, 1.807) is 22.8 Å². The zero-order valence-corrected chi connectivity index (χ0v) is 20.1. The number of para-hydroxylation sites is 1. The van der Waals surface area contributed by atoms with Gasteiger partial charge in [-0.15, -0.1) is 10.2 Å². The topological polar surface area (TPSA) is 93.8 Å². The molecule has 0 bridgehead atoms. The Kier molecular flexibility index (Phi) is 7.08. The maximum Gasteiger partial charge on any atom is 0.263 e. The maximum absolute atomic E-state index is 13.3. The third-order valence-corrected chi connectivity index (χ3v) is 6.51. The van der Waals surface area contributed by atoms with E-state index in [1.807, 2.05) is 34.7 Å². The Balaban J connectivity index is 1.36. The van der Waals surface area contributed by atoms with Gasteiger partial charge < -0.3 is 10.1 Å². The fraction of sp³-hybridized carbons (Fsp3) is 0.360. The number of carbonyl (C=O) groups excluding carboxylic acids is 1. The van der Waals surface area contributed by atoms with E-state index in [1.165, 1.54) is 0 Å². The summed E-state index contributed by atoms with van der Waals surface area (Å²) < 4.78 is 8.85. The van der Waals surface area contributed by atoms with Gasteiger partial charge in [0.05, 0.1) is 30.7 Å². The number of halogens is 1. The van der Waals surface area contributed by atoms with Crippen LogP contribution in [-0.2, 0) is 22.5 Å². The molecule has 1 saturated heterocycles. The third kappa shape index (κ3) is 5.22. The van der Waals surface area contributed by atoms with E-state index in [4.69, 9.17) is 16.3 Å². The predicted octanol–water partition coefficient (Wildman–Crippen LogP) is 2.13. The minimum Gasteiger partial charge on any atom is -0.379 e. The summed E-state index contributed by atoms with van der Waals surface area (Å²) in [7, 11) is 0. The second-order valence-corrected chi connectivity index (χ2v) is 9.03. The lowest BCUT2D eigenvalue weighted by Crippen LogP contribution is -2.41. The first-order valence-electron chi connectivity index (χ1n) is 11.8. The number of aryl methyl sites for hydroxylation is 1. The zero-order valence-electron chi connectivity index (χ0n) is 19.3. The number of ether oxygens (including phenoxy) is 1. The van der Waals surface area contributed by atoms with Crippen LogP contribution in [0, 0.1) is 0 Å². The molecule has 0 unspecified atom stereocenters. The number of hydrogen-bond donors (Lipinski definition) is 1. The summed E-state index contributed by atoms with van der Waals surface area (Å²) in [6, 6.07) is 14.8. The van der Waals surface area contributed by atoms with Gasteiger partial charge in [-0.25, -0.2) is 0 Å². The van der Waals surface area contributed by atoms with Crippen LogP contribution >= 0.6 is 11.6 Å². The number of aromatic nitrogens is 4. The number of nitrogens with zero attached hydrogens (tertiary/aromatic N) is 5. The summed E-state index contributed by atoms with van der Waals surface area (Å²) in [5.74, 6) is 1.06. The second-order valence-electron chi connectivity index (χ2n) is 8.59. The predicted molar refractivity (Wildman–Crippen MR) is 134 cm³/mol. The van der Waals surface area contributed by atoms with Gasteiger partial charge >= 0.3 is 0 Å². The van der Waals surface area contributed by atoms with Crippen molar-refractivity contribution in [3.05, 3.63) is 75.3 Å². The van der Waals surface area contributed by atoms with Crippen molar-refractivity contribution in [2.24, 2.45) is 0 Å². The van der Waals surface area contributed by atoms with E-state index >= 15 is 0 Å². The SMILES string of the molecule is O=C(CCc1nnc2n(Cc3ccc(Cl)cc3)c(=O)c3ccccc3n12)NCCN1CCOCC1. The normalized spacial score (nSPS) is 14.5. The average molecular weight is 495 g/mol. The average Bonchev–Trinajstić information content (AvgIpc) is 3.31. The van der Waals surface area contributed by atoms with Gasteiger partial charge in [-0.05, 0) is 29.8 Å². The van der Waals surface area contributed by atoms with Crippen molar-refractivity contribution in [1.29, 1.82) is 0 Å². The first kappa shape index (κ1) is 23.5. The molecule has 10 heteroatoms. The first-order valence-corrected chi connectivity index (χ1v) is 12.1. The smallest absolute Gasteiger partial charge is 0.263 e. The Morgan fingerprint density at radius 3 is 2.63 bits per heavy atom. The fourth-order valence-corrected chi connectivity index (χ4v) is 4.51. The number of amides is 1. The van der Waals surface area contributed by atoms with Crippen LogP contribution in [0.1, 0.15) is 17.8 Å². The number of fused-ring (bicyclic) bond motifs is 3. The fourth-order valence-electron chi connectivity index (χ4n) is 4.38. The molecule has 2 aromatic heterocycles. The Bertz CT molecular complexity index is 1390. The highest BCUT2D eigenvalue weighted by molar-refractivity contribution is 6.30. The number of nitrogens with one attached hydrogen (secondary N) is 1. The molecule has 1 fully saturated rings. The lowest BCUT2D eigenvalue weighted by Gasteiger charge is -2.26. The Hall–Kier alpha value is -3.27. The van der Waals surface area contributed by atoms with E-state index < -0.39 is 0 Å². The van der Waals surface area contributed by atoms with Gasteiger partial charge in [0, 0.05) is 44.0 Å². The molecule has 0 radical (unpaired) electrons. The number of benzene rings is 2. The molecular formula is C25H27ClN6O3. The van der Waals surface area contributed by atoms with Crippen molar-refractivity contribution in [3.63, 3.8) is 0 Å². The zero-order chi connectivity index (χ0) is 24.2. The number of carbonyl (C=O) groups is 1. The highest BCUT2D eigenvalue weighted by atomic mass is 35.5. The minimum absolute atomic E-state index is 0.0335. The van der Waals surface area contributed by atoms with Crippen LogP contribution in [0.15, 0.2) is 53.3 Å². The molecule has 1 aliphatic rings. The molecule has 9 nitrogen and oxygen atoms in total. The Morgan fingerprint density at radius 2 is 1.83 bits per heavy atom. The van der Waals surface area contributed by atoms with Crippen molar-refractivity contribution in [2.45, 2.75) is 19.4 Å². The summed E-state index contributed by atoms with van der Waals surface area (Å²) in [5, 5.41) is 12.9. The highest BCUT2D eigenvalue weighted by Gasteiger charge is 2.17. The summed E-state index contributed by atoms with van der Waals surface area (Å²) in [6.07, 6.45) is 0.697. The van der Waals surface area contributed by atoms with Crippen molar-refractivity contribution < 1.29 is 9.53 Å². The summed E-state index contributed by atoms with van der Waals surface area (Å²) in [5.41, 5.74) is 1.52. The standard InChI is InChI=1S/C25H27ClN6O3/c26-19-7-5-18(6-8-19)17-31-24(34)20-3-1-2-4-21(20)32-22(28-29-25(31)32)9-10-23(33)27-11-12-30-13-15-35-16-14-30/h1-8H,9-17H2,(H,27,33). The second kappa shape index (κ2) is 10.6. The molecule has 1 N–H and O–H groups in total. The first-order chi connectivity index (χ1) is 17.1. The minimum atomic E-state index is -0.136. The van der Waals surface area contributed by atoms with Crippen LogP contribution in [0.4, 0.5) is 0 Å². The van der Waals surface area contributed by atoms with E-state index in [2.05, 4.69) is 20.4 Å². The third-order valence-electron chi connectivity index (χ3n) is 6.26. The molecule has 1 aliphatic heterocycles. The summed E-state index contributed by atoms with van der Waals surface area (Å²) >= 11 is 6.02. The van der Waals surface area contributed by atoms with Gasteiger partial charge in [-0.2, -0.15) is 0 Å². The lowest BCUT2D eigenvalue weighted by atomic mass is 10.2. The monoisotopic (exact) mass is 494 g/mol. The Morgan fingerprint density at radius 1 is 1.06 bits per heavy atom. The molecule has 0 saturated carbocycles. The molecule has 5 rings (SSSR count). The number of morpholine rings is 1. The number of rotatable bonds is 8.